The second kappa shape index (κ2) is 8.06. The van der Waals surface area contributed by atoms with Crippen molar-refractivity contribution in [1.82, 2.24) is 4.98 Å². The van der Waals surface area contributed by atoms with Crippen LogP contribution in [0.5, 0.6) is 0 Å². The number of nitrogens with zero attached hydrogens (tertiary/aromatic N) is 1. The molecule has 120 valence electrons. The molecule has 0 radical (unpaired) electrons. The summed E-state index contributed by atoms with van der Waals surface area (Å²) >= 11 is 0. The lowest BCUT2D eigenvalue weighted by molar-refractivity contribution is -0.137. The van der Waals surface area contributed by atoms with Crippen molar-refractivity contribution in [3.05, 3.63) is 84.2 Å². The normalized spacial score (nSPS) is 11.0. The van der Waals surface area contributed by atoms with Crippen LogP contribution in [0, 0.1) is 0 Å². The third-order valence-corrected chi connectivity index (χ3v) is 3.80. The fraction of sp³-hybridized carbons (Fsp3) is 0.143. The number of hydrogen-bond acceptors (Lipinski definition) is 3. The molecule has 3 rings (SSSR count). The van der Waals surface area contributed by atoms with Gasteiger partial charge in [0.05, 0.1) is 6.61 Å². The van der Waals surface area contributed by atoms with Gasteiger partial charge in [0.25, 0.3) is 0 Å². The molecule has 0 amide bonds. The molecule has 0 fully saturated rings. The number of rotatable bonds is 6. The molecule has 0 bridgehead atoms. The number of hydrogen-bond donors (Lipinski definition) is 0. The van der Waals surface area contributed by atoms with Crippen molar-refractivity contribution in [2.75, 3.05) is 6.61 Å². The van der Waals surface area contributed by atoms with Gasteiger partial charge >= 0.3 is 5.97 Å². The van der Waals surface area contributed by atoms with E-state index >= 15 is 0 Å². The molecule has 0 saturated carbocycles. The Kier molecular flexibility index (Phi) is 5.36. The molecule has 0 spiro atoms. The Hall–Kier alpha value is -2.94. The molecular weight excluding hydrogens is 298 g/mol. The first-order valence-corrected chi connectivity index (χ1v) is 8.04. The maximum Gasteiger partial charge on any atom is 0.330 e. The summed E-state index contributed by atoms with van der Waals surface area (Å²) < 4.78 is 5.25. The minimum atomic E-state index is -0.311. The summed E-state index contributed by atoms with van der Waals surface area (Å²) in [6.07, 6.45) is 8.54. The maximum absolute atomic E-state index is 11.8. The van der Waals surface area contributed by atoms with Crippen LogP contribution in [-0.2, 0) is 16.0 Å². The van der Waals surface area contributed by atoms with E-state index in [2.05, 4.69) is 17.1 Å². The Balaban J connectivity index is 1.52. The van der Waals surface area contributed by atoms with Crippen molar-refractivity contribution >= 4 is 22.8 Å². The molecule has 3 nitrogen and oxygen atoms in total. The first kappa shape index (κ1) is 15.9. The highest BCUT2D eigenvalue weighted by Gasteiger charge is 2.00. The van der Waals surface area contributed by atoms with Gasteiger partial charge in [-0.15, -0.1) is 0 Å². The molecule has 0 unspecified atom stereocenters. The van der Waals surface area contributed by atoms with Gasteiger partial charge < -0.3 is 4.74 Å². The van der Waals surface area contributed by atoms with Crippen LogP contribution in [0.3, 0.4) is 0 Å². The third kappa shape index (κ3) is 4.29. The van der Waals surface area contributed by atoms with Crippen LogP contribution in [0.1, 0.15) is 17.5 Å². The number of esters is 1. The summed E-state index contributed by atoms with van der Waals surface area (Å²) in [5.74, 6) is -0.311. The molecule has 3 aromatic rings. The smallest absolute Gasteiger partial charge is 0.330 e. The highest BCUT2D eigenvalue weighted by Crippen LogP contribution is 2.19. The Morgan fingerprint density at radius 3 is 2.79 bits per heavy atom. The summed E-state index contributed by atoms with van der Waals surface area (Å²) in [7, 11) is 0. The number of benzene rings is 2. The third-order valence-electron chi connectivity index (χ3n) is 3.80. The van der Waals surface area contributed by atoms with Crippen molar-refractivity contribution in [3.63, 3.8) is 0 Å². The predicted molar refractivity (Wildman–Crippen MR) is 96.5 cm³/mol. The molecule has 0 aliphatic heterocycles. The van der Waals surface area contributed by atoms with E-state index in [0.717, 1.165) is 34.7 Å². The van der Waals surface area contributed by atoms with Crippen LogP contribution in [0.25, 0.3) is 16.8 Å². The van der Waals surface area contributed by atoms with Crippen molar-refractivity contribution < 1.29 is 9.53 Å². The summed E-state index contributed by atoms with van der Waals surface area (Å²) in [4.78, 5) is 15.9. The van der Waals surface area contributed by atoms with Gasteiger partial charge in [0.15, 0.2) is 0 Å². The maximum atomic E-state index is 11.8. The Morgan fingerprint density at radius 1 is 1.04 bits per heavy atom. The standard InChI is InChI=1S/C21H19NO2/c23-21(24-15-5-7-17-6-4-14-22-16-17)13-12-19-10-3-9-18-8-1-2-11-20(18)19/h1-4,6,8-14,16H,5,7,15H2/b13-12+. The van der Waals surface area contributed by atoms with E-state index in [1.54, 1.807) is 6.20 Å². The van der Waals surface area contributed by atoms with Crippen molar-refractivity contribution in [2.45, 2.75) is 12.8 Å². The van der Waals surface area contributed by atoms with Crippen LogP contribution in [0.4, 0.5) is 0 Å². The van der Waals surface area contributed by atoms with Gasteiger partial charge in [0.1, 0.15) is 0 Å². The van der Waals surface area contributed by atoms with Crippen molar-refractivity contribution in [1.29, 1.82) is 0 Å². The zero-order valence-electron chi connectivity index (χ0n) is 13.4. The molecular formula is C21H19NO2. The van der Waals surface area contributed by atoms with E-state index in [0.29, 0.717) is 6.61 Å². The predicted octanol–water partition coefficient (Wildman–Crippen LogP) is 4.42. The van der Waals surface area contributed by atoms with E-state index in [-0.39, 0.29) is 5.97 Å². The first-order valence-electron chi connectivity index (χ1n) is 8.04. The molecule has 0 aliphatic rings. The number of carbonyl (C=O) groups is 1. The van der Waals surface area contributed by atoms with Gasteiger partial charge in [-0.1, -0.05) is 48.5 Å². The number of carbonyl (C=O) groups excluding carboxylic acids is 1. The van der Waals surface area contributed by atoms with Gasteiger partial charge in [-0.05, 0) is 46.9 Å². The number of fused-ring (bicyclic) bond motifs is 1. The fourth-order valence-corrected chi connectivity index (χ4v) is 2.60. The zero-order chi connectivity index (χ0) is 16.6. The van der Waals surface area contributed by atoms with Crippen LogP contribution < -0.4 is 0 Å². The van der Waals surface area contributed by atoms with Crippen LogP contribution >= 0.6 is 0 Å². The molecule has 0 aliphatic carbocycles. The zero-order valence-corrected chi connectivity index (χ0v) is 13.4. The Labute approximate surface area is 141 Å². The van der Waals surface area contributed by atoms with E-state index in [1.165, 1.54) is 6.08 Å². The topological polar surface area (TPSA) is 39.2 Å². The molecule has 0 atom stereocenters. The van der Waals surface area contributed by atoms with Gasteiger partial charge in [-0.25, -0.2) is 4.79 Å². The largest absolute Gasteiger partial charge is 0.463 e. The summed E-state index contributed by atoms with van der Waals surface area (Å²) in [6, 6.07) is 18.1. The Bertz CT molecular complexity index is 835. The van der Waals surface area contributed by atoms with E-state index in [4.69, 9.17) is 4.74 Å². The lowest BCUT2D eigenvalue weighted by Crippen LogP contribution is -2.03. The van der Waals surface area contributed by atoms with Crippen LogP contribution in [-0.4, -0.2) is 17.6 Å². The van der Waals surface area contributed by atoms with Crippen molar-refractivity contribution in [2.24, 2.45) is 0 Å². The SMILES string of the molecule is O=C(/C=C/c1cccc2ccccc12)OCCCc1cccnc1. The number of aromatic nitrogens is 1. The van der Waals surface area contributed by atoms with E-state index < -0.39 is 0 Å². The molecule has 2 aromatic carbocycles. The monoisotopic (exact) mass is 317 g/mol. The quantitative estimate of drug-likeness (QED) is 0.384. The average Bonchev–Trinajstić information content (AvgIpc) is 2.64. The highest BCUT2D eigenvalue weighted by atomic mass is 16.5. The Morgan fingerprint density at radius 2 is 1.92 bits per heavy atom. The van der Waals surface area contributed by atoms with Crippen LogP contribution in [0.15, 0.2) is 73.1 Å². The van der Waals surface area contributed by atoms with Gasteiger partial charge in [-0.2, -0.15) is 0 Å². The number of aryl methyl sites for hydroxylation is 1. The summed E-state index contributed by atoms with van der Waals surface area (Å²) in [5, 5.41) is 2.28. The van der Waals surface area contributed by atoms with Gasteiger partial charge in [0, 0.05) is 18.5 Å². The van der Waals surface area contributed by atoms with E-state index in [9.17, 15) is 4.79 Å². The fourth-order valence-electron chi connectivity index (χ4n) is 2.60. The average molecular weight is 317 g/mol. The first-order chi connectivity index (χ1) is 11.8. The van der Waals surface area contributed by atoms with Crippen LogP contribution in [0.2, 0.25) is 0 Å². The summed E-state index contributed by atoms with van der Waals surface area (Å²) in [6.45, 7) is 0.410. The molecule has 24 heavy (non-hydrogen) atoms. The summed E-state index contributed by atoms with van der Waals surface area (Å²) in [5.41, 5.74) is 2.17. The lowest BCUT2D eigenvalue weighted by Gasteiger charge is -2.03. The molecule has 0 saturated heterocycles. The number of pyridine rings is 1. The highest BCUT2D eigenvalue weighted by molar-refractivity contribution is 5.94. The second-order valence-corrected chi connectivity index (χ2v) is 5.53. The molecule has 1 aromatic heterocycles. The molecule has 1 heterocycles. The number of ether oxygens (including phenoxy) is 1. The van der Waals surface area contributed by atoms with Crippen molar-refractivity contribution in [3.8, 4) is 0 Å². The second-order valence-electron chi connectivity index (χ2n) is 5.53. The minimum absolute atomic E-state index is 0.311. The van der Waals surface area contributed by atoms with Gasteiger partial charge in [-0.3, -0.25) is 4.98 Å². The van der Waals surface area contributed by atoms with E-state index in [1.807, 2.05) is 54.7 Å². The lowest BCUT2D eigenvalue weighted by atomic mass is 10.0. The molecule has 0 N–H and O–H groups in total. The van der Waals surface area contributed by atoms with Gasteiger partial charge in [0.2, 0.25) is 0 Å². The molecule has 3 heteroatoms. The minimum Gasteiger partial charge on any atom is -0.463 e.